The molecule has 0 radical (unpaired) electrons. The van der Waals surface area contributed by atoms with Gasteiger partial charge in [-0.3, -0.25) is 19.1 Å². The minimum Gasteiger partial charge on any atom is -0.444 e. The highest BCUT2D eigenvalue weighted by atomic mass is 32.2. The summed E-state index contributed by atoms with van der Waals surface area (Å²) in [4.78, 5) is 58.6. The first-order valence-electron chi connectivity index (χ1n) is 16.1. The summed E-state index contributed by atoms with van der Waals surface area (Å²) < 4.78 is 87.3. The van der Waals surface area contributed by atoms with Crippen molar-refractivity contribution in [3.63, 3.8) is 0 Å². The van der Waals surface area contributed by atoms with Gasteiger partial charge in [-0.2, -0.15) is 26.3 Å². The zero-order chi connectivity index (χ0) is 38.0. The van der Waals surface area contributed by atoms with E-state index in [1.54, 1.807) is 75.4 Å². The van der Waals surface area contributed by atoms with Crippen LogP contribution in [-0.4, -0.2) is 73.0 Å². The molecule has 1 aliphatic heterocycles. The number of ether oxygens (including phenoxy) is 1. The van der Waals surface area contributed by atoms with Crippen LogP contribution in [0, 0.1) is 11.8 Å². The van der Waals surface area contributed by atoms with E-state index >= 15 is 0 Å². The molecule has 0 fully saturated rings. The molecular formula is C34H41F6N5O5S. The van der Waals surface area contributed by atoms with Gasteiger partial charge in [0.15, 0.2) is 0 Å². The predicted octanol–water partition coefficient (Wildman–Crippen LogP) is 6.54. The lowest BCUT2D eigenvalue weighted by Gasteiger charge is -2.28. The molecule has 280 valence electrons. The van der Waals surface area contributed by atoms with Gasteiger partial charge in [0.25, 0.3) is 5.91 Å². The molecule has 0 saturated carbocycles. The van der Waals surface area contributed by atoms with Crippen molar-refractivity contribution in [3.8, 4) is 0 Å². The Hall–Kier alpha value is -4.28. The average Bonchev–Trinajstić information content (AvgIpc) is 3.13. The van der Waals surface area contributed by atoms with Crippen LogP contribution in [0.1, 0.15) is 64.0 Å². The van der Waals surface area contributed by atoms with E-state index in [2.05, 4.69) is 20.3 Å². The van der Waals surface area contributed by atoms with Crippen LogP contribution >= 0.6 is 11.9 Å². The van der Waals surface area contributed by atoms with Gasteiger partial charge in [0.2, 0.25) is 18.0 Å². The highest BCUT2D eigenvalue weighted by molar-refractivity contribution is 7.97. The number of aliphatic imine (C=N–C) groups is 1. The third-order valence-corrected chi connectivity index (χ3v) is 8.34. The van der Waals surface area contributed by atoms with E-state index in [9.17, 15) is 45.5 Å². The van der Waals surface area contributed by atoms with Gasteiger partial charge in [0.05, 0.1) is 17.3 Å². The zero-order valence-corrected chi connectivity index (χ0v) is 29.3. The fourth-order valence-corrected chi connectivity index (χ4v) is 5.87. The summed E-state index contributed by atoms with van der Waals surface area (Å²) in [5.41, 5.74) is 1.11. The third-order valence-electron chi connectivity index (χ3n) is 7.59. The molecule has 1 heterocycles. The highest BCUT2D eigenvalue weighted by Crippen LogP contribution is 2.33. The first-order chi connectivity index (χ1) is 23.8. The first kappa shape index (κ1) is 41.1. The van der Waals surface area contributed by atoms with Gasteiger partial charge in [0, 0.05) is 49.2 Å². The number of carbonyl (C=O) groups excluding carboxylic acids is 4. The van der Waals surface area contributed by atoms with Crippen molar-refractivity contribution >= 4 is 47.2 Å². The number of hydrogen-bond acceptors (Lipinski definition) is 7. The van der Waals surface area contributed by atoms with Crippen LogP contribution in [0.2, 0.25) is 0 Å². The van der Waals surface area contributed by atoms with Crippen molar-refractivity contribution in [3.05, 3.63) is 65.7 Å². The Morgan fingerprint density at radius 2 is 1.49 bits per heavy atom. The number of likely N-dealkylation sites (N-methyl/N-ethyl adjacent to an activating group) is 1. The van der Waals surface area contributed by atoms with E-state index in [-0.39, 0.29) is 12.3 Å². The second-order valence-corrected chi connectivity index (χ2v) is 13.7. The SMILES string of the molecule is CN1C(=O)[C@@H](NC(=O)[C@H](CCCC(F)(F)F)[C@H](CCC(F)(F)F)C(=O)NSCCNC(=O)OC(C)(C)C)N=C(c2ccccc2)c2ccccc21. The molecule has 3 rings (SSSR count). The maximum Gasteiger partial charge on any atom is 0.407 e. The fourth-order valence-electron chi connectivity index (χ4n) is 5.27. The molecule has 3 atom stereocenters. The molecule has 51 heavy (non-hydrogen) atoms. The van der Waals surface area contributed by atoms with Gasteiger partial charge in [-0.15, -0.1) is 0 Å². The Labute approximate surface area is 296 Å². The second-order valence-electron chi connectivity index (χ2n) is 12.8. The number of amides is 4. The van der Waals surface area contributed by atoms with E-state index in [0.29, 0.717) is 22.5 Å². The number of hydrogen-bond donors (Lipinski definition) is 3. The number of nitrogens with zero attached hydrogens (tertiary/aromatic N) is 2. The molecule has 10 nitrogen and oxygen atoms in total. The third kappa shape index (κ3) is 13.4. The first-order valence-corrected chi connectivity index (χ1v) is 17.1. The van der Waals surface area contributed by atoms with Gasteiger partial charge >= 0.3 is 18.4 Å². The van der Waals surface area contributed by atoms with E-state index in [0.717, 1.165) is 11.9 Å². The normalized spacial score (nSPS) is 16.3. The van der Waals surface area contributed by atoms with Crippen LogP contribution in [-0.2, 0) is 19.1 Å². The van der Waals surface area contributed by atoms with Gasteiger partial charge < -0.3 is 20.3 Å². The molecular weight excluding hydrogens is 704 g/mol. The number of rotatable bonds is 14. The Bertz CT molecular complexity index is 1550. The maximum atomic E-state index is 13.9. The zero-order valence-electron chi connectivity index (χ0n) is 28.5. The van der Waals surface area contributed by atoms with Crippen molar-refractivity contribution < 1.29 is 50.3 Å². The summed E-state index contributed by atoms with van der Waals surface area (Å²) in [7, 11) is 1.44. The van der Waals surface area contributed by atoms with E-state index in [4.69, 9.17) is 4.74 Å². The Kier molecular flexibility index (Phi) is 14.3. The van der Waals surface area contributed by atoms with Crippen LogP contribution < -0.4 is 20.3 Å². The summed E-state index contributed by atoms with van der Waals surface area (Å²) >= 11 is 0.725. The second kappa shape index (κ2) is 17.8. The topological polar surface area (TPSA) is 129 Å². The Morgan fingerprint density at radius 1 is 0.882 bits per heavy atom. The van der Waals surface area contributed by atoms with E-state index in [1.807, 2.05) is 0 Å². The summed E-state index contributed by atoms with van der Waals surface area (Å²) in [5, 5.41) is 4.88. The van der Waals surface area contributed by atoms with Crippen LogP contribution in [0.3, 0.4) is 0 Å². The molecule has 2 aromatic carbocycles. The maximum absolute atomic E-state index is 13.9. The van der Waals surface area contributed by atoms with Crippen molar-refractivity contribution in [2.24, 2.45) is 16.8 Å². The summed E-state index contributed by atoms with van der Waals surface area (Å²) in [6.07, 6.45) is -16.8. The smallest absolute Gasteiger partial charge is 0.407 e. The van der Waals surface area contributed by atoms with Gasteiger partial charge in [-0.1, -0.05) is 48.5 Å². The highest BCUT2D eigenvalue weighted by Gasteiger charge is 2.40. The monoisotopic (exact) mass is 745 g/mol. The molecule has 0 aliphatic carbocycles. The molecule has 2 aromatic rings. The van der Waals surface area contributed by atoms with Crippen molar-refractivity contribution in [1.82, 2.24) is 15.4 Å². The number of para-hydroxylation sites is 1. The molecule has 0 aromatic heterocycles. The van der Waals surface area contributed by atoms with Crippen molar-refractivity contribution in [2.75, 3.05) is 24.2 Å². The predicted molar refractivity (Wildman–Crippen MR) is 181 cm³/mol. The number of anilines is 1. The lowest BCUT2D eigenvalue weighted by Crippen LogP contribution is -2.50. The number of alkyl halides is 6. The van der Waals surface area contributed by atoms with Crippen LogP contribution in [0.5, 0.6) is 0 Å². The van der Waals surface area contributed by atoms with Crippen LogP contribution in [0.25, 0.3) is 0 Å². The van der Waals surface area contributed by atoms with E-state index in [1.165, 1.54) is 11.9 Å². The number of carbonyl (C=O) groups is 4. The number of benzodiazepines with no additional fused rings is 1. The Balaban J connectivity index is 1.90. The lowest BCUT2D eigenvalue weighted by molar-refractivity contribution is -0.147. The number of benzene rings is 2. The quantitative estimate of drug-likeness (QED) is 0.115. The summed E-state index contributed by atoms with van der Waals surface area (Å²) in [5.74, 6) is -6.25. The number of nitrogens with one attached hydrogen (secondary N) is 3. The molecule has 17 heteroatoms. The van der Waals surface area contributed by atoms with E-state index < -0.39 is 91.9 Å². The van der Waals surface area contributed by atoms with Crippen molar-refractivity contribution in [1.29, 1.82) is 0 Å². The van der Waals surface area contributed by atoms with Gasteiger partial charge in [-0.05, 0) is 58.0 Å². The molecule has 0 saturated heterocycles. The van der Waals surface area contributed by atoms with Gasteiger partial charge in [-0.25, -0.2) is 9.79 Å². The minimum atomic E-state index is -4.75. The van der Waals surface area contributed by atoms with Crippen molar-refractivity contribution in [2.45, 2.75) is 77.0 Å². The summed E-state index contributed by atoms with van der Waals surface area (Å²) in [6.45, 7) is 4.95. The average molecular weight is 746 g/mol. The minimum absolute atomic E-state index is 0.00990. The number of halogens is 6. The molecule has 4 amide bonds. The molecule has 0 spiro atoms. The standard InChI is InChI=1S/C34H41F6N5O5S/c1-32(2,3)50-31(49)41-19-20-51-44-29(47)23(16-18-34(38,39)40)22(14-10-17-33(35,36)37)28(46)43-27-30(48)45(4)25-15-9-8-13-24(25)26(42-27)21-11-6-5-7-12-21/h5-9,11-13,15,22-23,27H,10,14,16-20H2,1-4H3,(H,41,49)(H,43,46)(H,44,47)/t22-,23+,27-/m1/s1. The summed E-state index contributed by atoms with van der Waals surface area (Å²) in [6, 6.07) is 15.5. The molecule has 0 unspecified atom stereocenters. The van der Waals surface area contributed by atoms with Crippen LogP contribution in [0.4, 0.5) is 36.8 Å². The Morgan fingerprint density at radius 3 is 2.12 bits per heavy atom. The fraction of sp³-hybridized carbons (Fsp3) is 0.500. The van der Waals surface area contributed by atoms with Crippen LogP contribution in [0.15, 0.2) is 59.6 Å². The largest absolute Gasteiger partial charge is 0.444 e. The number of fused-ring (bicyclic) bond motifs is 1. The number of alkyl carbamates (subject to hydrolysis) is 1. The molecule has 0 bridgehead atoms. The lowest BCUT2D eigenvalue weighted by atomic mass is 9.83. The molecule has 3 N–H and O–H groups in total. The van der Waals surface area contributed by atoms with Gasteiger partial charge in [0.1, 0.15) is 5.60 Å². The molecule has 1 aliphatic rings.